The Labute approximate surface area is 93.3 Å². The zero-order valence-corrected chi connectivity index (χ0v) is 9.70. The van der Waals surface area contributed by atoms with Gasteiger partial charge in [-0.25, -0.2) is 4.98 Å². The van der Waals surface area contributed by atoms with Gasteiger partial charge in [0.05, 0.1) is 17.5 Å². The predicted octanol–water partition coefficient (Wildman–Crippen LogP) is 2.82. The lowest BCUT2D eigenvalue weighted by molar-refractivity contribution is 0.163. The summed E-state index contributed by atoms with van der Waals surface area (Å²) < 4.78 is 7.30. The van der Waals surface area contributed by atoms with E-state index < -0.39 is 0 Å². The highest BCUT2D eigenvalue weighted by atomic mass is 32.1. The van der Waals surface area contributed by atoms with Gasteiger partial charge in [-0.2, -0.15) is 0 Å². The van der Waals surface area contributed by atoms with Gasteiger partial charge in [0.2, 0.25) is 0 Å². The smallest absolute Gasteiger partial charge is 0.150 e. The van der Waals surface area contributed by atoms with E-state index in [2.05, 4.69) is 27.9 Å². The van der Waals surface area contributed by atoms with Crippen LogP contribution in [0.25, 0.3) is 10.7 Å². The van der Waals surface area contributed by atoms with Gasteiger partial charge in [0, 0.05) is 19.5 Å². The molecular weight excluding hydrogens is 208 g/mol. The van der Waals surface area contributed by atoms with Crippen LogP contribution in [-0.2, 0) is 4.74 Å². The highest BCUT2D eigenvalue weighted by molar-refractivity contribution is 7.13. The van der Waals surface area contributed by atoms with E-state index >= 15 is 0 Å². The van der Waals surface area contributed by atoms with Crippen molar-refractivity contribution in [3.63, 3.8) is 0 Å². The summed E-state index contributed by atoms with van der Waals surface area (Å²) in [6.45, 7) is 2.83. The Kier molecular flexibility index (Phi) is 3.18. The first-order valence-corrected chi connectivity index (χ1v) is 5.76. The van der Waals surface area contributed by atoms with Crippen molar-refractivity contribution in [3.8, 4) is 10.7 Å². The minimum atomic E-state index is 0.314. The van der Waals surface area contributed by atoms with E-state index in [1.54, 1.807) is 18.4 Å². The zero-order valence-electron chi connectivity index (χ0n) is 8.88. The topological polar surface area (TPSA) is 27.1 Å². The normalized spacial score (nSPS) is 12.9. The molecule has 2 heterocycles. The molecule has 4 heteroatoms. The second-order valence-electron chi connectivity index (χ2n) is 3.44. The first kappa shape index (κ1) is 10.4. The number of hydrogen-bond acceptors (Lipinski definition) is 3. The molecule has 0 aromatic carbocycles. The zero-order chi connectivity index (χ0) is 10.7. The number of methoxy groups -OCH3 is 1. The monoisotopic (exact) mass is 222 g/mol. The van der Waals surface area contributed by atoms with E-state index in [0.717, 1.165) is 5.82 Å². The molecule has 0 saturated carbocycles. The number of imidazole rings is 1. The number of rotatable bonds is 4. The van der Waals surface area contributed by atoms with E-state index in [4.69, 9.17) is 4.74 Å². The van der Waals surface area contributed by atoms with Crippen LogP contribution in [0.4, 0.5) is 0 Å². The van der Waals surface area contributed by atoms with Gasteiger partial charge in [-0.05, 0) is 18.4 Å². The Morgan fingerprint density at radius 3 is 3.13 bits per heavy atom. The van der Waals surface area contributed by atoms with Gasteiger partial charge in [-0.1, -0.05) is 6.07 Å². The van der Waals surface area contributed by atoms with Crippen LogP contribution in [-0.4, -0.2) is 23.3 Å². The molecule has 0 bridgehead atoms. The van der Waals surface area contributed by atoms with Crippen LogP contribution in [0.15, 0.2) is 29.9 Å². The highest BCUT2D eigenvalue weighted by Crippen LogP contribution is 2.25. The van der Waals surface area contributed by atoms with Crippen LogP contribution in [0, 0.1) is 0 Å². The van der Waals surface area contributed by atoms with Gasteiger partial charge in [0.15, 0.2) is 0 Å². The summed E-state index contributed by atoms with van der Waals surface area (Å²) in [6, 6.07) is 4.44. The first-order valence-electron chi connectivity index (χ1n) is 4.88. The lowest BCUT2D eigenvalue weighted by Gasteiger charge is -2.14. The van der Waals surface area contributed by atoms with E-state index in [-0.39, 0.29) is 0 Å². The summed E-state index contributed by atoms with van der Waals surface area (Å²) in [5.74, 6) is 1.02. The summed E-state index contributed by atoms with van der Waals surface area (Å²) in [4.78, 5) is 5.58. The van der Waals surface area contributed by atoms with Gasteiger partial charge >= 0.3 is 0 Å². The predicted molar refractivity (Wildman–Crippen MR) is 62.1 cm³/mol. The van der Waals surface area contributed by atoms with Gasteiger partial charge in [0.25, 0.3) is 0 Å². The van der Waals surface area contributed by atoms with Crippen molar-refractivity contribution in [2.45, 2.75) is 13.0 Å². The van der Waals surface area contributed by atoms with Gasteiger partial charge < -0.3 is 9.30 Å². The molecule has 0 fully saturated rings. The first-order chi connectivity index (χ1) is 7.33. The molecule has 0 spiro atoms. The molecule has 0 aliphatic carbocycles. The molecular formula is C11H14N2OS. The van der Waals surface area contributed by atoms with E-state index in [9.17, 15) is 0 Å². The second kappa shape index (κ2) is 4.59. The average molecular weight is 222 g/mol. The van der Waals surface area contributed by atoms with Crippen molar-refractivity contribution in [2.75, 3.05) is 13.7 Å². The third-order valence-electron chi connectivity index (χ3n) is 2.29. The molecule has 1 unspecified atom stereocenters. The summed E-state index contributed by atoms with van der Waals surface area (Å²) in [6.07, 6.45) is 3.83. The van der Waals surface area contributed by atoms with Crippen LogP contribution in [0.3, 0.4) is 0 Å². The maximum atomic E-state index is 5.15. The number of hydrogen-bond donors (Lipinski definition) is 0. The summed E-state index contributed by atoms with van der Waals surface area (Å²) in [7, 11) is 1.72. The molecule has 0 radical (unpaired) electrons. The molecule has 2 rings (SSSR count). The van der Waals surface area contributed by atoms with Crippen molar-refractivity contribution in [3.05, 3.63) is 29.9 Å². The summed E-state index contributed by atoms with van der Waals surface area (Å²) in [5, 5.41) is 2.06. The van der Waals surface area contributed by atoms with Crippen LogP contribution in [0.5, 0.6) is 0 Å². The molecule has 0 aliphatic heterocycles. The van der Waals surface area contributed by atoms with Gasteiger partial charge in [0.1, 0.15) is 5.82 Å². The Hall–Kier alpha value is -1.13. The average Bonchev–Trinajstić information content (AvgIpc) is 2.88. The summed E-state index contributed by atoms with van der Waals surface area (Å²) >= 11 is 1.71. The van der Waals surface area contributed by atoms with Crippen molar-refractivity contribution in [2.24, 2.45) is 0 Å². The maximum Gasteiger partial charge on any atom is 0.150 e. The molecule has 1 atom stereocenters. The van der Waals surface area contributed by atoms with Crippen molar-refractivity contribution in [1.82, 2.24) is 9.55 Å². The minimum absolute atomic E-state index is 0.314. The van der Waals surface area contributed by atoms with Crippen molar-refractivity contribution >= 4 is 11.3 Å². The standard InChI is InChI=1S/C11H14N2OS/c1-9(8-14-2)13-6-5-12-11(13)10-4-3-7-15-10/h3-7,9H,8H2,1-2H3. The molecule has 0 N–H and O–H groups in total. The Bertz CT molecular complexity index is 408. The van der Waals surface area contributed by atoms with Crippen LogP contribution in [0.1, 0.15) is 13.0 Å². The van der Waals surface area contributed by atoms with Gasteiger partial charge in [-0.3, -0.25) is 0 Å². The number of ether oxygens (including phenoxy) is 1. The molecule has 0 amide bonds. The van der Waals surface area contributed by atoms with E-state index in [1.807, 2.05) is 18.5 Å². The molecule has 0 aliphatic rings. The van der Waals surface area contributed by atoms with E-state index in [0.29, 0.717) is 12.6 Å². The second-order valence-corrected chi connectivity index (χ2v) is 4.39. The molecule has 2 aromatic rings. The van der Waals surface area contributed by atoms with Crippen LogP contribution < -0.4 is 0 Å². The molecule has 80 valence electrons. The third-order valence-corrected chi connectivity index (χ3v) is 3.16. The fourth-order valence-corrected chi connectivity index (χ4v) is 2.31. The fraction of sp³-hybridized carbons (Fsp3) is 0.364. The van der Waals surface area contributed by atoms with Gasteiger partial charge in [-0.15, -0.1) is 11.3 Å². The quantitative estimate of drug-likeness (QED) is 0.795. The SMILES string of the molecule is COCC(C)n1ccnc1-c1cccs1. The number of nitrogens with zero attached hydrogens (tertiary/aromatic N) is 2. The third kappa shape index (κ3) is 2.11. The molecule has 0 saturated heterocycles. The molecule has 2 aromatic heterocycles. The Balaban J connectivity index is 2.30. The van der Waals surface area contributed by atoms with E-state index in [1.165, 1.54) is 4.88 Å². The maximum absolute atomic E-state index is 5.15. The summed E-state index contributed by atoms with van der Waals surface area (Å²) in [5.41, 5.74) is 0. The minimum Gasteiger partial charge on any atom is -0.383 e. The largest absolute Gasteiger partial charge is 0.383 e. The lowest BCUT2D eigenvalue weighted by Crippen LogP contribution is -2.11. The molecule has 3 nitrogen and oxygen atoms in total. The van der Waals surface area contributed by atoms with Crippen LogP contribution >= 0.6 is 11.3 Å². The number of aromatic nitrogens is 2. The highest BCUT2D eigenvalue weighted by Gasteiger charge is 2.11. The fourth-order valence-electron chi connectivity index (χ4n) is 1.59. The lowest BCUT2D eigenvalue weighted by atomic mass is 10.3. The van der Waals surface area contributed by atoms with Crippen molar-refractivity contribution in [1.29, 1.82) is 0 Å². The molecule has 15 heavy (non-hydrogen) atoms. The number of thiophene rings is 1. The Morgan fingerprint density at radius 1 is 1.60 bits per heavy atom. The van der Waals surface area contributed by atoms with Crippen LogP contribution in [0.2, 0.25) is 0 Å². The van der Waals surface area contributed by atoms with Crippen molar-refractivity contribution < 1.29 is 4.74 Å². The Morgan fingerprint density at radius 2 is 2.47 bits per heavy atom.